The largest absolute Gasteiger partial charge is 0.336 e. The number of amides is 1. The van der Waals surface area contributed by atoms with Crippen LogP contribution in [0.5, 0.6) is 0 Å². The summed E-state index contributed by atoms with van der Waals surface area (Å²) in [7, 11) is 0. The van der Waals surface area contributed by atoms with Crippen LogP contribution in [0.4, 0.5) is 0 Å². The third-order valence-corrected chi connectivity index (χ3v) is 4.87. The maximum Gasteiger partial charge on any atom is 0.258 e. The van der Waals surface area contributed by atoms with E-state index in [1.165, 1.54) is 12.8 Å². The highest BCUT2D eigenvalue weighted by atomic mass is 16.5. The van der Waals surface area contributed by atoms with Gasteiger partial charge in [-0.15, -0.1) is 0 Å². The normalized spacial score (nSPS) is 19.0. The summed E-state index contributed by atoms with van der Waals surface area (Å²) >= 11 is 0. The molecule has 0 aliphatic heterocycles. The minimum absolute atomic E-state index is 0.135. The van der Waals surface area contributed by atoms with Crippen LogP contribution in [-0.2, 0) is 0 Å². The molecular weight excluding hydrogens is 278 g/mol. The summed E-state index contributed by atoms with van der Waals surface area (Å²) in [5.41, 5.74) is 2.73. The van der Waals surface area contributed by atoms with E-state index in [2.05, 4.69) is 15.0 Å². The standard InChI is InChI=1S/C17H21N3O2/c1-10-9-14(15-11(2)19-22-16(15)18-10)17(21)20(13-7-8-13)12-5-3-4-6-12/h9,12-13H,3-8H2,1-2H3. The first kappa shape index (κ1) is 13.7. The quantitative estimate of drug-likeness (QED) is 0.871. The number of carbonyl (C=O) groups excluding carboxylic acids is 1. The van der Waals surface area contributed by atoms with Crippen LogP contribution in [0.3, 0.4) is 0 Å². The fraction of sp³-hybridized carbons (Fsp3) is 0.588. The maximum atomic E-state index is 13.3. The number of pyridine rings is 1. The Morgan fingerprint density at radius 3 is 2.55 bits per heavy atom. The minimum Gasteiger partial charge on any atom is -0.336 e. The molecule has 1 amide bonds. The Bertz CT molecular complexity index is 727. The van der Waals surface area contributed by atoms with E-state index in [4.69, 9.17) is 4.52 Å². The van der Waals surface area contributed by atoms with Crippen LogP contribution in [0.1, 0.15) is 60.3 Å². The van der Waals surface area contributed by atoms with Crippen molar-refractivity contribution in [3.8, 4) is 0 Å². The lowest BCUT2D eigenvalue weighted by molar-refractivity contribution is 0.0666. The molecule has 2 heterocycles. The maximum absolute atomic E-state index is 13.3. The molecule has 0 N–H and O–H groups in total. The topological polar surface area (TPSA) is 59.2 Å². The van der Waals surface area contributed by atoms with Gasteiger partial charge in [0.1, 0.15) is 0 Å². The highest BCUT2D eigenvalue weighted by Gasteiger charge is 2.39. The summed E-state index contributed by atoms with van der Waals surface area (Å²) in [5, 5.41) is 4.77. The van der Waals surface area contributed by atoms with Gasteiger partial charge in [0.2, 0.25) is 0 Å². The third kappa shape index (κ3) is 2.19. The van der Waals surface area contributed by atoms with Gasteiger partial charge in [-0.25, -0.2) is 4.98 Å². The molecule has 2 aromatic heterocycles. The molecule has 2 aliphatic rings. The van der Waals surface area contributed by atoms with Crippen molar-refractivity contribution >= 4 is 17.0 Å². The van der Waals surface area contributed by atoms with E-state index in [-0.39, 0.29) is 5.91 Å². The average molecular weight is 299 g/mol. The molecule has 2 aromatic rings. The number of aromatic nitrogens is 2. The lowest BCUT2D eigenvalue weighted by Crippen LogP contribution is -2.40. The second kappa shape index (κ2) is 5.07. The first-order valence-corrected chi connectivity index (χ1v) is 8.21. The van der Waals surface area contributed by atoms with Crippen LogP contribution in [0, 0.1) is 13.8 Å². The van der Waals surface area contributed by atoms with Gasteiger partial charge in [-0.1, -0.05) is 18.0 Å². The van der Waals surface area contributed by atoms with Crippen molar-refractivity contribution in [2.45, 2.75) is 64.5 Å². The number of carbonyl (C=O) groups is 1. The van der Waals surface area contributed by atoms with E-state index in [1.807, 2.05) is 19.9 Å². The SMILES string of the molecule is Cc1cc(C(=O)N(C2CCCC2)C2CC2)c2c(C)noc2n1. The summed E-state index contributed by atoms with van der Waals surface area (Å²) in [6, 6.07) is 2.72. The van der Waals surface area contributed by atoms with Gasteiger partial charge in [0.25, 0.3) is 11.6 Å². The van der Waals surface area contributed by atoms with Crippen molar-refractivity contribution < 1.29 is 9.32 Å². The second-order valence-corrected chi connectivity index (χ2v) is 6.64. The fourth-order valence-corrected chi connectivity index (χ4v) is 3.69. The Kier molecular flexibility index (Phi) is 3.17. The van der Waals surface area contributed by atoms with E-state index in [0.29, 0.717) is 23.4 Å². The van der Waals surface area contributed by atoms with Crippen LogP contribution in [0.25, 0.3) is 11.1 Å². The Balaban J connectivity index is 1.79. The molecule has 5 heteroatoms. The van der Waals surface area contributed by atoms with Crippen molar-refractivity contribution in [1.29, 1.82) is 0 Å². The van der Waals surface area contributed by atoms with Crippen molar-refractivity contribution in [3.05, 3.63) is 23.0 Å². The Morgan fingerprint density at radius 2 is 1.86 bits per heavy atom. The molecule has 0 aromatic carbocycles. The minimum atomic E-state index is 0.135. The van der Waals surface area contributed by atoms with Gasteiger partial charge < -0.3 is 9.42 Å². The highest BCUT2D eigenvalue weighted by molar-refractivity contribution is 6.06. The summed E-state index contributed by atoms with van der Waals surface area (Å²) in [4.78, 5) is 19.8. The van der Waals surface area contributed by atoms with Gasteiger partial charge in [0.15, 0.2) is 0 Å². The van der Waals surface area contributed by atoms with Crippen molar-refractivity contribution in [1.82, 2.24) is 15.0 Å². The van der Waals surface area contributed by atoms with Gasteiger partial charge in [-0.2, -0.15) is 0 Å². The molecule has 5 nitrogen and oxygen atoms in total. The highest BCUT2D eigenvalue weighted by Crippen LogP contribution is 2.36. The molecule has 0 atom stereocenters. The predicted octanol–water partition coefficient (Wildman–Crippen LogP) is 3.39. The lowest BCUT2D eigenvalue weighted by Gasteiger charge is -2.29. The van der Waals surface area contributed by atoms with Crippen LogP contribution < -0.4 is 0 Å². The molecule has 0 spiro atoms. The van der Waals surface area contributed by atoms with Gasteiger partial charge in [0, 0.05) is 17.8 Å². The van der Waals surface area contributed by atoms with Crippen molar-refractivity contribution in [2.24, 2.45) is 0 Å². The average Bonchev–Trinajstić information content (AvgIpc) is 3.03. The monoisotopic (exact) mass is 299 g/mol. The molecule has 22 heavy (non-hydrogen) atoms. The van der Waals surface area contributed by atoms with E-state index in [1.54, 1.807) is 0 Å². The van der Waals surface area contributed by atoms with Crippen molar-refractivity contribution in [2.75, 3.05) is 0 Å². The summed E-state index contributed by atoms with van der Waals surface area (Å²) in [5.74, 6) is 0.135. The number of nitrogens with zero attached hydrogens (tertiary/aromatic N) is 3. The van der Waals surface area contributed by atoms with Crippen LogP contribution in [-0.4, -0.2) is 33.0 Å². The summed E-state index contributed by atoms with van der Waals surface area (Å²) in [6.45, 7) is 3.77. The van der Waals surface area contributed by atoms with E-state index in [9.17, 15) is 4.79 Å². The number of aryl methyl sites for hydroxylation is 2. The zero-order valence-electron chi connectivity index (χ0n) is 13.1. The van der Waals surface area contributed by atoms with Crippen LogP contribution in [0.2, 0.25) is 0 Å². The third-order valence-electron chi connectivity index (χ3n) is 4.87. The van der Waals surface area contributed by atoms with Gasteiger partial charge in [-0.3, -0.25) is 4.79 Å². The van der Waals surface area contributed by atoms with Crippen molar-refractivity contribution in [3.63, 3.8) is 0 Å². The number of hydrogen-bond acceptors (Lipinski definition) is 4. The van der Waals surface area contributed by atoms with E-state index < -0.39 is 0 Å². The summed E-state index contributed by atoms with van der Waals surface area (Å²) in [6.07, 6.45) is 7.02. The zero-order valence-corrected chi connectivity index (χ0v) is 13.1. The van der Waals surface area contributed by atoms with Gasteiger partial charge in [0.05, 0.1) is 16.6 Å². The molecular formula is C17H21N3O2. The van der Waals surface area contributed by atoms with Gasteiger partial charge >= 0.3 is 0 Å². The number of hydrogen-bond donors (Lipinski definition) is 0. The van der Waals surface area contributed by atoms with E-state index in [0.717, 1.165) is 42.5 Å². The van der Waals surface area contributed by atoms with Crippen LogP contribution in [0.15, 0.2) is 10.6 Å². The molecule has 2 fully saturated rings. The van der Waals surface area contributed by atoms with Gasteiger partial charge in [-0.05, 0) is 45.6 Å². The fourth-order valence-electron chi connectivity index (χ4n) is 3.69. The number of rotatable bonds is 3. The first-order chi connectivity index (χ1) is 10.6. The summed E-state index contributed by atoms with van der Waals surface area (Å²) < 4.78 is 5.27. The van der Waals surface area contributed by atoms with E-state index >= 15 is 0 Å². The zero-order chi connectivity index (χ0) is 15.3. The molecule has 2 saturated carbocycles. The lowest BCUT2D eigenvalue weighted by atomic mass is 10.1. The first-order valence-electron chi connectivity index (χ1n) is 8.21. The van der Waals surface area contributed by atoms with Crippen LogP contribution >= 0.6 is 0 Å². The second-order valence-electron chi connectivity index (χ2n) is 6.64. The molecule has 2 aliphatic carbocycles. The molecule has 0 unspecified atom stereocenters. The molecule has 4 rings (SSSR count). The molecule has 0 radical (unpaired) electrons. The smallest absolute Gasteiger partial charge is 0.258 e. The Hall–Kier alpha value is -1.91. The molecule has 116 valence electrons. The predicted molar refractivity (Wildman–Crippen MR) is 82.7 cm³/mol. The Morgan fingerprint density at radius 1 is 1.18 bits per heavy atom. The molecule has 0 bridgehead atoms. The Labute approximate surface area is 129 Å². The number of fused-ring (bicyclic) bond motifs is 1. The molecule has 0 saturated heterocycles.